The summed E-state index contributed by atoms with van der Waals surface area (Å²) >= 11 is 0. The third-order valence-electron chi connectivity index (χ3n) is 2.74. The maximum atomic E-state index is 12.0. The van der Waals surface area contributed by atoms with Crippen molar-refractivity contribution in [3.05, 3.63) is 29.8 Å². The quantitative estimate of drug-likeness (QED) is 0.829. The molecule has 0 saturated heterocycles. The van der Waals surface area contributed by atoms with Gasteiger partial charge in [-0.05, 0) is 18.6 Å². The maximum absolute atomic E-state index is 12.0. The van der Waals surface area contributed by atoms with Gasteiger partial charge in [0.2, 0.25) is 5.91 Å². The van der Waals surface area contributed by atoms with E-state index in [0.29, 0.717) is 12.1 Å². The summed E-state index contributed by atoms with van der Waals surface area (Å²) in [6, 6.07) is 5.78. The van der Waals surface area contributed by atoms with Gasteiger partial charge < -0.3 is 15.7 Å². The Balaban J connectivity index is 3.00. The minimum atomic E-state index is -1.06. The number of aromatic carboxylic acids is 1. The Kier molecular flexibility index (Phi) is 4.85. The van der Waals surface area contributed by atoms with Crippen molar-refractivity contribution in [3.8, 4) is 0 Å². The number of carbonyl (C=O) groups is 2. The van der Waals surface area contributed by atoms with Crippen LogP contribution in [0.1, 0.15) is 30.1 Å². The standard InChI is InChI=1S/C13H18N2O3/c1-3-6-10(14)12(16)15(2)11-8-5-4-7-9(11)13(17)18/h4-5,7-8,10H,3,6,14H2,1-2H3,(H,17,18)/t10-/m1/s1. The number of para-hydroxylation sites is 1. The highest BCUT2D eigenvalue weighted by Gasteiger charge is 2.21. The van der Waals surface area contributed by atoms with Gasteiger partial charge >= 0.3 is 5.97 Å². The summed E-state index contributed by atoms with van der Waals surface area (Å²) < 4.78 is 0. The van der Waals surface area contributed by atoms with Crippen molar-refractivity contribution in [2.24, 2.45) is 5.73 Å². The van der Waals surface area contributed by atoms with E-state index in [9.17, 15) is 9.59 Å². The number of benzene rings is 1. The molecule has 0 aliphatic rings. The van der Waals surface area contributed by atoms with Crippen LogP contribution in [0.15, 0.2) is 24.3 Å². The van der Waals surface area contributed by atoms with Crippen LogP contribution in [0.2, 0.25) is 0 Å². The molecule has 0 bridgehead atoms. The van der Waals surface area contributed by atoms with Crippen LogP contribution < -0.4 is 10.6 Å². The Hall–Kier alpha value is -1.88. The van der Waals surface area contributed by atoms with E-state index >= 15 is 0 Å². The molecular weight excluding hydrogens is 232 g/mol. The van der Waals surface area contributed by atoms with Gasteiger partial charge in [0.05, 0.1) is 17.3 Å². The number of carboxylic acid groups (broad SMARTS) is 1. The zero-order valence-corrected chi connectivity index (χ0v) is 10.6. The second-order valence-electron chi connectivity index (χ2n) is 4.11. The Bertz CT molecular complexity index is 446. The van der Waals surface area contributed by atoms with E-state index in [1.54, 1.807) is 25.2 Å². The van der Waals surface area contributed by atoms with Crippen LogP contribution in [0.4, 0.5) is 5.69 Å². The number of amides is 1. The number of nitrogens with two attached hydrogens (primary N) is 1. The van der Waals surface area contributed by atoms with E-state index in [4.69, 9.17) is 10.8 Å². The molecule has 3 N–H and O–H groups in total. The highest BCUT2D eigenvalue weighted by Crippen LogP contribution is 2.20. The van der Waals surface area contributed by atoms with Gasteiger partial charge in [-0.15, -0.1) is 0 Å². The lowest BCUT2D eigenvalue weighted by atomic mass is 10.1. The number of anilines is 1. The van der Waals surface area contributed by atoms with Crippen LogP contribution in [-0.2, 0) is 4.79 Å². The molecule has 1 aromatic carbocycles. The van der Waals surface area contributed by atoms with Gasteiger partial charge in [0.25, 0.3) is 0 Å². The molecular formula is C13H18N2O3. The molecule has 98 valence electrons. The summed E-state index contributed by atoms with van der Waals surface area (Å²) in [6.45, 7) is 1.94. The molecule has 0 radical (unpaired) electrons. The van der Waals surface area contributed by atoms with Crippen LogP contribution in [0, 0.1) is 0 Å². The molecule has 5 nitrogen and oxygen atoms in total. The molecule has 1 atom stereocenters. The third kappa shape index (κ3) is 3.07. The molecule has 1 amide bonds. The van der Waals surface area contributed by atoms with Gasteiger partial charge in [-0.1, -0.05) is 25.5 Å². The summed E-state index contributed by atoms with van der Waals surface area (Å²) in [4.78, 5) is 24.4. The van der Waals surface area contributed by atoms with Crippen LogP contribution in [0.5, 0.6) is 0 Å². The molecule has 0 aliphatic heterocycles. The van der Waals surface area contributed by atoms with E-state index in [0.717, 1.165) is 6.42 Å². The van der Waals surface area contributed by atoms with E-state index in [2.05, 4.69) is 0 Å². The third-order valence-corrected chi connectivity index (χ3v) is 2.74. The van der Waals surface area contributed by atoms with Crippen molar-refractivity contribution in [1.29, 1.82) is 0 Å². The van der Waals surface area contributed by atoms with Gasteiger partial charge in [0.1, 0.15) is 0 Å². The molecule has 5 heteroatoms. The number of hydrogen-bond donors (Lipinski definition) is 2. The molecule has 0 unspecified atom stereocenters. The molecule has 0 spiro atoms. The number of carbonyl (C=O) groups excluding carboxylic acids is 1. The summed E-state index contributed by atoms with van der Waals surface area (Å²) in [6.07, 6.45) is 1.39. The van der Waals surface area contributed by atoms with Crippen LogP contribution in [0.25, 0.3) is 0 Å². The van der Waals surface area contributed by atoms with E-state index in [-0.39, 0.29) is 11.5 Å². The van der Waals surface area contributed by atoms with Crippen molar-refractivity contribution in [1.82, 2.24) is 0 Å². The van der Waals surface area contributed by atoms with Crippen LogP contribution in [-0.4, -0.2) is 30.1 Å². The minimum absolute atomic E-state index is 0.0945. The van der Waals surface area contributed by atoms with Gasteiger partial charge in [0, 0.05) is 7.05 Å². The highest BCUT2D eigenvalue weighted by molar-refractivity contribution is 6.03. The van der Waals surface area contributed by atoms with E-state index in [1.807, 2.05) is 6.92 Å². The van der Waals surface area contributed by atoms with E-state index < -0.39 is 12.0 Å². The Morgan fingerprint density at radius 1 is 1.39 bits per heavy atom. The highest BCUT2D eigenvalue weighted by atomic mass is 16.4. The number of nitrogens with zero attached hydrogens (tertiary/aromatic N) is 1. The first-order valence-electron chi connectivity index (χ1n) is 5.84. The number of rotatable bonds is 5. The largest absolute Gasteiger partial charge is 0.478 e. The van der Waals surface area contributed by atoms with E-state index in [1.165, 1.54) is 11.0 Å². The summed E-state index contributed by atoms with van der Waals surface area (Å²) in [5, 5.41) is 9.07. The van der Waals surface area contributed by atoms with Crippen molar-refractivity contribution in [2.75, 3.05) is 11.9 Å². The second kappa shape index (κ2) is 6.16. The van der Waals surface area contributed by atoms with Crippen LogP contribution >= 0.6 is 0 Å². The first-order chi connectivity index (χ1) is 8.49. The van der Waals surface area contributed by atoms with Gasteiger partial charge in [-0.2, -0.15) is 0 Å². The lowest BCUT2D eigenvalue weighted by Crippen LogP contribution is -2.42. The zero-order chi connectivity index (χ0) is 13.7. The molecule has 1 aromatic rings. The summed E-state index contributed by atoms with van der Waals surface area (Å²) in [5.74, 6) is -1.33. The Morgan fingerprint density at radius 2 is 2.00 bits per heavy atom. The number of likely N-dealkylation sites (N-methyl/N-ethyl adjacent to an activating group) is 1. The number of hydrogen-bond acceptors (Lipinski definition) is 3. The Morgan fingerprint density at radius 3 is 2.56 bits per heavy atom. The fraction of sp³-hybridized carbons (Fsp3) is 0.385. The minimum Gasteiger partial charge on any atom is -0.478 e. The smallest absolute Gasteiger partial charge is 0.337 e. The SMILES string of the molecule is CCC[C@@H](N)C(=O)N(C)c1ccccc1C(=O)O. The molecule has 0 aliphatic carbocycles. The molecule has 0 aromatic heterocycles. The zero-order valence-electron chi connectivity index (χ0n) is 10.6. The first-order valence-corrected chi connectivity index (χ1v) is 5.84. The van der Waals surface area contributed by atoms with Gasteiger partial charge in [-0.3, -0.25) is 4.79 Å². The van der Waals surface area contributed by atoms with Crippen molar-refractivity contribution < 1.29 is 14.7 Å². The monoisotopic (exact) mass is 250 g/mol. The van der Waals surface area contributed by atoms with Crippen molar-refractivity contribution in [2.45, 2.75) is 25.8 Å². The van der Waals surface area contributed by atoms with Crippen molar-refractivity contribution in [3.63, 3.8) is 0 Å². The van der Waals surface area contributed by atoms with Gasteiger partial charge in [0.15, 0.2) is 0 Å². The molecule has 18 heavy (non-hydrogen) atoms. The number of carboxylic acids is 1. The normalized spacial score (nSPS) is 11.9. The molecule has 0 fully saturated rings. The fourth-order valence-electron chi connectivity index (χ4n) is 1.75. The topological polar surface area (TPSA) is 83.6 Å². The maximum Gasteiger partial charge on any atom is 0.337 e. The van der Waals surface area contributed by atoms with Crippen LogP contribution in [0.3, 0.4) is 0 Å². The average molecular weight is 250 g/mol. The van der Waals surface area contributed by atoms with Gasteiger partial charge in [-0.25, -0.2) is 4.79 Å². The predicted molar refractivity (Wildman–Crippen MR) is 69.7 cm³/mol. The average Bonchev–Trinajstić information content (AvgIpc) is 2.37. The fourth-order valence-corrected chi connectivity index (χ4v) is 1.75. The Labute approximate surface area is 106 Å². The van der Waals surface area contributed by atoms with Crippen molar-refractivity contribution >= 4 is 17.6 Å². The molecule has 0 saturated carbocycles. The summed E-state index contributed by atoms with van der Waals surface area (Å²) in [5.41, 5.74) is 6.21. The predicted octanol–water partition coefficient (Wildman–Crippen LogP) is 1.47. The lowest BCUT2D eigenvalue weighted by Gasteiger charge is -2.22. The first kappa shape index (κ1) is 14.2. The summed E-state index contributed by atoms with van der Waals surface area (Å²) in [7, 11) is 1.54. The molecule has 1 rings (SSSR count). The second-order valence-corrected chi connectivity index (χ2v) is 4.11. The molecule has 0 heterocycles. The lowest BCUT2D eigenvalue weighted by molar-refractivity contribution is -0.119.